The Morgan fingerprint density at radius 3 is 1.50 bits per heavy atom. The second kappa shape index (κ2) is 10.2. The second-order valence-corrected chi connectivity index (χ2v) is 11.3. The van der Waals surface area contributed by atoms with Crippen molar-refractivity contribution >= 4 is 50.8 Å². The Morgan fingerprint density at radius 2 is 1.07 bits per heavy atom. The van der Waals surface area contributed by atoms with Crippen LogP contribution in [0.2, 0.25) is 10.0 Å². The molecule has 0 spiro atoms. The fraction of sp³-hybridized carbons (Fsp3) is 0.182. The lowest BCUT2D eigenvalue weighted by Crippen LogP contribution is -2.17. The van der Waals surface area contributed by atoms with Gasteiger partial charge in [-0.1, -0.05) is 49.2 Å². The van der Waals surface area contributed by atoms with Gasteiger partial charge in [-0.25, -0.2) is 0 Å². The first-order chi connectivity index (χ1) is 19.2. The number of carbonyl (C=O) groups is 1. The largest absolute Gasteiger partial charge is 0.344 e. The number of pyridine rings is 2. The van der Waals surface area contributed by atoms with E-state index >= 15 is 0 Å². The van der Waals surface area contributed by atoms with Gasteiger partial charge < -0.3 is 9.13 Å². The number of fused-ring (bicyclic) bond motifs is 2. The Labute approximate surface area is 243 Å². The average molecular weight is 568 g/mol. The highest BCUT2D eigenvalue weighted by atomic mass is 35.5. The molecule has 0 bridgehead atoms. The van der Waals surface area contributed by atoms with Crippen LogP contribution >= 0.6 is 23.2 Å². The number of aryl methyl sites for hydroxylation is 2. The predicted molar refractivity (Wildman–Crippen MR) is 164 cm³/mol. The molecule has 200 valence electrons. The van der Waals surface area contributed by atoms with Gasteiger partial charge in [-0.05, 0) is 59.7 Å². The van der Waals surface area contributed by atoms with E-state index in [1.165, 1.54) is 0 Å². The van der Waals surface area contributed by atoms with Crippen molar-refractivity contribution in [3.05, 3.63) is 107 Å². The van der Waals surface area contributed by atoms with Crippen molar-refractivity contribution in [3.8, 4) is 22.5 Å². The Bertz CT molecular complexity index is 1780. The Morgan fingerprint density at radius 1 is 0.650 bits per heavy atom. The summed E-state index contributed by atoms with van der Waals surface area (Å²) < 4.78 is 4.21. The van der Waals surface area contributed by atoms with E-state index in [-0.39, 0.29) is 17.6 Å². The second-order valence-electron chi connectivity index (χ2n) is 10.4. The molecular weight excluding hydrogens is 539 g/mol. The Balaban J connectivity index is 1.29. The lowest BCUT2D eigenvalue weighted by Gasteiger charge is -2.18. The summed E-state index contributed by atoms with van der Waals surface area (Å²) in [4.78, 5) is 22.7. The monoisotopic (exact) mass is 566 g/mol. The third kappa shape index (κ3) is 4.59. The number of carbonyl (C=O) groups excluding carboxylic acids is 1. The van der Waals surface area contributed by atoms with E-state index in [9.17, 15) is 4.79 Å². The number of Topliss-reactive ketones (excluding diaryl/α,β-unsaturated/α-hetero) is 1. The number of ketones is 1. The number of hydrogen-bond acceptors (Lipinski definition) is 3. The summed E-state index contributed by atoms with van der Waals surface area (Å²) in [7, 11) is 4.03. The van der Waals surface area contributed by atoms with Crippen molar-refractivity contribution < 1.29 is 4.79 Å². The van der Waals surface area contributed by atoms with Crippen LogP contribution in [0, 0.1) is 0 Å². The van der Waals surface area contributed by atoms with E-state index < -0.39 is 0 Å². The summed E-state index contributed by atoms with van der Waals surface area (Å²) >= 11 is 12.5. The van der Waals surface area contributed by atoms with Gasteiger partial charge in [0.15, 0.2) is 0 Å². The van der Waals surface area contributed by atoms with Crippen LogP contribution in [-0.2, 0) is 18.9 Å². The highest BCUT2D eigenvalue weighted by Crippen LogP contribution is 2.34. The van der Waals surface area contributed by atoms with Gasteiger partial charge in [-0.3, -0.25) is 14.8 Å². The molecule has 40 heavy (non-hydrogen) atoms. The first kappa shape index (κ1) is 26.3. The van der Waals surface area contributed by atoms with E-state index in [4.69, 9.17) is 23.2 Å². The fourth-order valence-corrected chi connectivity index (χ4v) is 5.87. The van der Waals surface area contributed by atoms with Crippen molar-refractivity contribution in [2.24, 2.45) is 14.1 Å². The maximum absolute atomic E-state index is 13.7. The summed E-state index contributed by atoms with van der Waals surface area (Å²) in [5.41, 5.74) is 7.82. The smallest absolute Gasteiger partial charge is 0.147 e. The van der Waals surface area contributed by atoms with Gasteiger partial charge >= 0.3 is 0 Å². The molecule has 0 aliphatic rings. The molecule has 6 rings (SSSR count). The van der Waals surface area contributed by atoms with Gasteiger partial charge in [0.25, 0.3) is 0 Å². The van der Waals surface area contributed by atoms with Crippen LogP contribution in [0.15, 0.2) is 85.5 Å². The SMILES string of the molecule is CC(C(=O)C(C)c1cncc(-c2cc3ccc(Cl)cc3n2C)c1)c1cncc(-c2cc3ccc(Cl)cc3n2C)c1. The van der Waals surface area contributed by atoms with Crippen molar-refractivity contribution in [1.82, 2.24) is 19.1 Å². The molecule has 0 radical (unpaired) electrons. The van der Waals surface area contributed by atoms with Gasteiger partial charge in [-0.15, -0.1) is 0 Å². The van der Waals surface area contributed by atoms with Crippen LogP contribution < -0.4 is 0 Å². The fourth-order valence-electron chi connectivity index (χ4n) is 5.53. The molecule has 4 heterocycles. The van der Waals surface area contributed by atoms with E-state index in [0.29, 0.717) is 10.0 Å². The topological polar surface area (TPSA) is 52.7 Å². The maximum Gasteiger partial charge on any atom is 0.147 e. The predicted octanol–water partition coefficient (Wildman–Crippen LogP) is 8.58. The van der Waals surface area contributed by atoms with Gasteiger partial charge in [-0.2, -0.15) is 0 Å². The summed E-state index contributed by atoms with van der Waals surface area (Å²) in [5, 5.41) is 3.60. The molecule has 6 aromatic rings. The van der Waals surface area contributed by atoms with E-state index in [1.807, 2.05) is 76.7 Å². The molecule has 0 fully saturated rings. The molecule has 5 nitrogen and oxygen atoms in total. The molecule has 2 aromatic carbocycles. The number of nitrogens with zero attached hydrogens (tertiary/aromatic N) is 4. The van der Waals surface area contributed by atoms with Crippen LogP contribution in [0.5, 0.6) is 0 Å². The number of hydrogen-bond donors (Lipinski definition) is 0. The average Bonchev–Trinajstić information content (AvgIpc) is 3.47. The normalized spacial score (nSPS) is 13.2. The summed E-state index contributed by atoms with van der Waals surface area (Å²) in [6.45, 7) is 3.90. The molecule has 2 unspecified atom stereocenters. The zero-order valence-corrected chi connectivity index (χ0v) is 24.2. The molecule has 0 amide bonds. The van der Waals surface area contributed by atoms with Gasteiger partial charge in [0, 0.05) is 93.7 Å². The number of halogens is 2. The molecule has 4 aromatic heterocycles. The molecule has 0 aliphatic carbocycles. The zero-order chi connectivity index (χ0) is 28.1. The minimum absolute atomic E-state index is 0.116. The van der Waals surface area contributed by atoms with Crippen LogP contribution in [0.25, 0.3) is 44.3 Å². The van der Waals surface area contributed by atoms with Crippen LogP contribution in [0.3, 0.4) is 0 Å². The quantitative estimate of drug-likeness (QED) is 0.203. The minimum atomic E-state index is -0.338. The van der Waals surface area contributed by atoms with E-state index in [0.717, 1.165) is 55.4 Å². The van der Waals surface area contributed by atoms with Crippen molar-refractivity contribution in [1.29, 1.82) is 0 Å². The molecule has 2 atom stereocenters. The summed E-state index contributed by atoms with van der Waals surface area (Å²) in [6.07, 6.45) is 7.25. The highest BCUT2D eigenvalue weighted by molar-refractivity contribution is 6.31. The summed E-state index contributed by atoms with van der Waals surface area (Å²) in [5.74, 6) is -0.560. The number of benzene rings is 2. The van der Waals surface area contributed by atoms with E-state index in [1.54, 1.807) is 12.4 Å². The third-order valence-electron chi connectivity index (χ3n) is 7.98. The summed E-state index contributed by atoms with van der Waals surface area (Å²) in [6, 6.07) is 20.1. The van der Waals surface area contributed by atoms with Crippen molar-refractivity contribution in [3.63, 3.8) is 0 Å². The molecular formula is C33H28Cl2N4O. The van der Waals surface area contributed by atoms with Gasteiger partial charge in [0.05, 0.1) is 11.4 Å². The van der Waals surface area contributed by atoms with Gasteiger partial charge in [0.1, 0.15) is 5.78 Å². The molecule has 7 heteroatoms. The highest BCUT2D eigenvalue weighted by Gasteiger charge is 2.25. The van der Waals surface area contributed by atoms with Crippen molar-refractivity contribution in [2.75, 3.05) is 0 Å². The Hall–Kier alpha value is -3.93. The Kier molecular flexibility index (Phi) is 6.73. The molecule has 0 saturated carbocycles. The lowest BCUT2D eigenvalue weighted by molar-refractivity contribution is -0.121. The molecule has 0 N–H and O–H groups in total. The molecule has 0 saturated heterocycles. The lowest BCUT2D eigenvalue weighted by atomic mass is 9.86. The maximum atomic E-state index is 13.7. The van der Waals surface area contributed by atoms with E-state index in [2.05, 4.69) is 43.4 Å². The zero-order valence-electron chi connectivity index (χ0n) is 22.7. The number of aromatic nitrogens is 4. The van der Waals surface area contributed by atoms with Gasteiger partial charge in [0.2, 0.25) is 0 Å². The van der Waals surface area contributed by atoms with Crippen LogP contribution in [0.1, 0.15) is 36.8 Å². The standard InChI is InChI=1S/C33H28Cl2N4O/c1-19(23-9-25(17-36-15-23)29-11-21-5-7-27(34)13-31(21)38(29)3)33(40)20(2)24-10-26(18-37-16-24)30-12-22-6-8-28(35)14-32(22)39(30)4/h5-20H,1-4H3. The number of rotatable bonds is 6. The first-order valence-electron chi connectivity index (χ1n) is 13.2. The van der Waals surface area contributed by atoms with Crippen molar-refractivity contribution in [2.45, 2.75) is 25.7 Å². The third-order valence-corrected chi connectivity index (χ3v) is 8.45. The van der Waals surface area contributed by atoms with Crippen LogP contribution in [0.4, 0.5) is 0 Å². The molecule has 0 aliphatic heterocycles. The first-order valence-corrected chi connectivity index (χ1v) is 13.9. The van der Waals surface area contributed by atoms with Crippen LogP contribution in [-0.4, -0.2) is 24.9 Å². The minimum Gasteiger partial charge on any atom is -0.344 e.